The Morgan fingerprint density at radius 2 is 1.88 bits per heavy atom. The Morgan fingerprint density at radius 3 is 2.53 bits per heavy atom. The van der Waals surface area contributed by atoms with E-state index in [0.29, 0.717) is 23.1 Å². The van der Waals surface area contributed by atoms with E-state index in [4.69, 9.17) is 15.5 Å². The van der Waals surface area contributed by atoms with E-state index >= 15 is 0 Å². The lowest BCUT2D eigenvalue weighted by atomic mass is 9.84. The summed E-state index contributed by atoms with van der Waals surface area (Å²) in [5.74, 6) is 2.90. The minimum Gasteiger partial charge on any atom is -0.494 e. The van der Waals surface area contributed by atoms with Crippen LogP contribution in [-0.2, 0) is 13.6 Å². The lowest BCUT2D eigenvalue weighted by Gasteiger charge is -2.46. The molecule has 2 unspecified atom stereocenters. The standard InChI is InChI=1S/C34H42N6O3/c1-34(2,42)23-17-38(18-23)24-9-7-20-12-28(39(27(20)14-24)15-19-5-6-19)32-36-25-11-22(13-29(43-4)31(25)37(32)3)33(41)40-16-21-8-10-26(40)30(21)35/h7,9,11-14,19,21,23,26,30,42H,5-6,8,10,15-18,35H2,1-4H3/t21?,26?,30-/m1/s1. The van der Waals surface area contributed by atoms with Crippen LogP contribution in [0.4, 0.5) is 5.69 Å². The van der Waals surface area contributed by atoms with Crippen LogP contribution in [0.1, 0.15) is 49.9 Å². The molecule has 0 spiro atoms. The van der Waals surface area contributed by atoms with Gasteiger partial charge in [0, 0.05) is 67.9 Å². The van der Waals surface area contributed by atoms with Crippen molar-refractivity contribution in [3.05, 3.63) is 42.0 Å². The number of imidazole rings is 1. The number of likely N-dealkylation sites (tertiary alicyclic amines) is 1. The average molecular weight is 583 g/mol. The molecule has 226 valence electrons. The first-order chi connectivity index (χ1) is 20.6. The summed E-state index contributed by atoms with van der Waals surface area (Å²) in [5, 5.41) is 11.6. The number of fused-ring (bicyclic) bond motifs is 4. The number of anilines is 1. The van der Waals surface area contributed by atoms with Crippen molar-refractivity contribution in [1.29, 1.82) is 0 Å². The molecule has 8 rings (SSSR count). The zero-order valence-electron chi connectivity index (χ0n) is 25.6. The van der Waals surface area contributed by atoms with Crippen molar-refractivity contribution in [1.82, 2.24) is 19.0 Å². The van der Waals surface area contributed by atoms with Gasteiger partial charge in [0.1, 0.15) is 11.3 Å². The van der Waals surface area contributed by atoms with Gasteiger partial charge < -0.3 is 34.5 Å². The summed E-state index contributed by atoms with van der Waals surface area (Å²) < 4.78 is 10.4. The van der Waals surface area contributed by atoms with Gasteiger partial charge in [-0.05, 0) is 81.7 Å². The van der Waals surface area contributed by atoms with Gasteiger partial charge in [0.05, 0.1) is 29.4 Å². The summed E-state index contributed by atoms with van der Waals surface area (Å²) in [4.78, 5) is 23.2. The summed E-state index contributed by atoms with van der Waals surface area (Å²) in [7, 11) is 3.70. The molecule has 2 saturated heterocycles. The van der Waals surface area contributed by atoms with Crippen molar-refractivity contribution < 1.29 is 14.6 Å². The summed E-state index contributed by atoms with van der Waals surface area (Å²) in [6.07, 6.45) is 4.59. The average Bonchev–Trinajstić information content (AvgIpc) is 3.35. The SMILES string of the molecule is COc1cc(C(=O)N2CC3CCC2[C@@H]3N)cc2nc(-c3cc4ccc(N5CC(C(C)(C)O)C5)cc4n3CC3CC3)n(C)c12. The van der Waals surface area contributed by atoms with Crippen molar-refractivity contribution in [2.45, 2.75) is 63.8 Å². The highest BCUT2D eigenvalue weighted by atomic mass is 16.5. The molecule has 3 N–H and O–H groups in total. The van der Waals surface area contributed by atoms with Gasteiger partial charge in [-0.2, -0.15) is 0 Å². The fourth-order valence-electron chi connectivity index (χ4n) is 7.78. The third-order valence-electron chi connectivity index (χ3n) is 10.8. The summed E-state index contributed by atoms with van der Waals surface area (Å²) in [6, 6.07) is 13.0. The maximum absolute atomic E-state index is 13.7. The summed E-state index contributed by atoms with van der Waals surface area (Å²) in [6.45, 7) is 7.22. The number of ether oxygens (including phenoxy) is 1. The quantitative estimate of drug-likeness (QED) is 0.335. The van der Waals surface area contributed by atoms with Crippen molar-refractivity contribution in [2.75, 3.05) is 31.6 Å². The molecule has 4 aliphatic rings. The number of aliphatic hydroxyl groups is 1. The molecule has 4 fully saturated rings. The van der Waals surface area contributed by atoms with Crippen LogP contribution in [0, 0.1) is 17.8 Å². The largest absolute Gasteiger partial charge is 0.494 e. The van der Waals surface area contributed by atoms with Crippen molar-refractivity contribution in [3.8, 4) is 17.3 Å². The number of nitrogens with zero attached hydrogens (tertiary/aromatic N) is 5. The van der Waals surface area contributed by atoms with E-state index in [-0.39, 0.29) is 23.9 Å². The topological polar surface area (TPSA) is 102 Å². The molecule has 4 aromatic rings. The van der Waals surface area contributed by atoms with Gasteiger partial charge in [-0.1, -0.05) is 6.07 Å². The van der Waals surface area contributed by atoms with E-state index in [1.165, 1.54) is 29.4 Å². The Labute approximate surface area is 252 Å². The lowest BCUT2D eigenvalue weighted by Crippen LogP contribution is -2.55. The monoisotopic (exact) mass is 582 g/mol. The maximum atomic E-state index is 13.7. The molecule has 9 nitrogen and oxygen atoms in total. The zero-order valence-corrected chi connectivity index (χ0v) is 25.6. The number of rotatable bonds is 7. The minimum atomic E-state index is -0.660. The van der Waals surface area contributed by atoms with Crippen molar-refractivity contribution in [2.24, 2.45) is 30.5 Å². The zero-order chi connectivity index (χ0) is 29.8. The number of methoxy groups -OCH3 is 1. The molecule has 9 heteroatoms. The molecule has 2 saturated carbocycles. The number of carbonyl (C=O) groups excluding carboxylic acids is 1. The van der Waals surface area contributed by atoms with Gasteiger partial charge in [-0.3, -0.25) is 4.79 Å². The molecule has 2 aromatic carbocycles. The van der Waals surface area contributed by atoms with Crippen LogP contribution >= 0.6 is 0 Å². The number of piperidine rings is 1. The van der Waals surface area contributed by atoms with E-state index in [0.717, 1.165) is 61.6 Å². The second kappa shape index (κ2) is 9.47. The predicted octanol–water partition coefficient (Wildman–Crippen LogP) is 4.38. The smallest absolute Gasteiger partial charge is 0.254 e. The Balaban J connectivity index is 1.19. The number of aryl methyl sites for hydroxylation is 1. The molecule has 2 bridgehead atoms. The Hall–Kier alpha value is -3.56. The summed E-state index contributed by atoms with van der Waals surface area (Å²) >= 11 is 0. The number of nitrogens with two attached hydrogens (primary N) is 1. The third kappa shape index (κ3) is 4.26. The fraction of sp³-hybridized carbons (Fsp3) is 0.529. The van der Waals surface area contributed by atoms with Crippen molar-refractivity contribution in [3.63, 3.8) is 0 Å². The molecule has 3 atom stereocenters. The first-order valence-corrected chi connectivity index (χ1v) is 15.8. The summed E-state index contributed by atoms with van der Waals surface area (Å²) in [5.41, 5.74) is 11.5. The van der Waals surface area contributed by atoms with Crippen LogP contribution < -0.4 is 15.4 Å². The number of carbonyl (C=O) groups is 1. The highest BCUT2D eigenvalue weighted by molar-refractivity contribution is 6.00. The Bertz CT molecular complexity index is 1760. The molecule has 0 radical (unpaired) electrons. The number of benzene rings is 2. The Morgan fingerprint density at radius 1 is 1.09 bits per heavy atom. The van der Waals surface area contributed by atoms with E-state index in [1.807, 2.05) is 37.9 Å². The molecule has 2 aliphatic heterocycles. The van der Waals surface area contributed by atoms with Gasteiger partial charge in [-0.25, -0.2) is 4.98 Å². The van der Waals surface area contributed by atoms with Gasteiger partial charge in [0.25, 0.3) is 5.91 Å². The third-order valence-corrected chi connectivity index (χ3v) is 10.8. The van der Waals surface area contributed by atoms with Gasteiger partial charge in [0.2, 0.25) is 0 Å². The number of aromatic nitrogens is 3. The van der Waals surface area contributed by atoms with E-state index in [2.05, 4.69) is 38.3 Å². The van der Waals surface area contributed by atoms with E-state index in [1.54, 1.807) is 7.11 Å². The maximum Gasteiger partial charge on any atom is 0.254 e. The van der Waals surface area contributed by atoms with Crippen LogP contribution in [0.2, 0.25) is 0 Å². The highest BCUT2D eigenvalue weighted by Crippen LogP contribution is 2.41. The number of hydrogen-bond donors (Lipinski definition) is 2. The molecular formula is C34H42N6O3. The van der Waals surface area contributed by atoms with Crippen LogP contribution in [0.15, 0.2) is 36.4 Å². The fourth-order valence-corrected chi connectivity index (χ4v) is 7.78. The number of amides is 1. The van der Waals surface area contributed by atoms with Gasteiger partial charge in [0.15, 0.2) is 5.82 Å². The number of hydrogen-bond acceptors (Lipinski definition) is 6. The second-order valence-electron chi connectivity index (χ2n) is 14.1. The molecule has 2 aromatic heterocycles. The van der Waals surface area contributed by atoms with Gasteiger partial charge >= 0.3 is 0 Å². The highest BCUT2D eigenvalue weighted by Gasteiger charge is 2.47. The van der Waals surface area contributed by atoms with Gasteiger partial charge in [-0.15, -0.1) is 0 Å². The molecule has 2 aliphatic carbocycles. The minimum absolute atomic E-state index is 0.0169. The molecule has 43 heavy (non-hydrogen) atoms. The second-order valence-corrected chi connectivity index (χ2v) is 14.1. The van der Waals surface area contributed by atoms with Crippen LogP contribution in [0.25, 0.3) is 33.5 Å². The van der Waals surface area contributed by atoms with Crippen LogP contribution in [0.5, 0.6) is 5.75 Å². The van der Waals surface area contributed by atoms with E-state index in [9.17, 15) is 9.90 Å². The van der Waals surface area contributed by atoms with Crippen LogP contribution in [-0.4, -0.2) is 74.5 Å². The molecule has 4 heterocycles. The lowest BCUT2D eigenvalue weighted by molar-refractivity contribution is 0.00460. The first kappa shape index (κ1) is 27.0. The predicted molar refractivity (Wildman–Crippen MR) is 168 cm³/mol. The normalized spacial score (nSPS) is 24.0. The van der Waals surface area contributed by atoms with Crippen molar-refractivity contribution >= 4 is 33.5 Å². The molecule has 1 amide bonds. The van der Waals surface area contributed by atoms with E-state index < -0.39 is 5.60 Å². The molecular weight excluding hydrogens is 540 g/mol. The first-order valence-electron chi connectivity index (χ1n) is 15.8. The Kier molecular flexibility index (Phi) is 5.95. The van der Waals surface area contributed by atoms with Crippen LogP contribution in [0.3, 0.4) is 0 Å².